The van der Waals surface area contributed by atoms with Crippen molar-refractivity contribution in [3.8, 4) is 0 Å². The first kappa shape index (κ1) is 14.0. The minimum Gasteiger partial charge on any atom is -0.278 e. The number of benzene rings is 1. The molecule has 0 fully saturated rings. The molecule has 19 heavy (non-hydrogen) atoms. The molecule has 1 aromatic carbocycles. The molecule has 1 aromatic heterocycles. The second kappa shape index (κ2) is 5.32. The average molecular weight is 321 g/mol. The Labute approximate surface area is 119 Å². The highest BCUT2D eigenvalue weighted by Crippen LogP contribution is 2.26. The third-order valence-electron chi connectivity index (χ3n) is 2.16. The van der Waals surface area contributed by atoms with E-state index in [0.29, 0.717) is 0 Å². The van der Waals surface area contributed by atoms with Gasteiger partial charge in [-0.2, -0.15) is 4.39 Å². The van der Waals surface area contributed by atoms with E-state index in [9.17, 15) is 12.8 Å². The Morgan fingerprint density at radius 2 is 1.89 bits per heavy atom. The number of nitrogens with zero attached hydrogens (tertiary/aromatic N) is 1. The summed E-state index contributed by atoms with van der Waals surface area (Å²) in [6.45, 7) is 0. The minimum absolute atomic E-state index is 0.0342. The number of aromatic nitrogens is 1. The second-order valence-corrected chi connectivity index (χ2v) is 6.04. The van der Waals surface area contributed by atoms with Crippen LogP contribution in [-0.2, 0) is 10.0 Å². The lowest BCUT2D eigenvalue weighted by molar-refractivity contribution is 0.583. The summed E-state index contributed by atoms with van der Waals surface area (Å²) in [5, 5.41) is 0.272. The maximum Gasteiger partial charge on any atom is 0.263 e. The lowest BCUT2D eigenvalue weighted by atomic mass is 10.4. The first-order valence-electron chi connectivity index (χ1n) is 4.98. The van der Waals surface area contributed by atoms with Crippen LogP contribution in [0.1, 0.15) is 0 Å². The Morgan fingerprint density at radius 3 is 2.53 bits per heavy atom. The number of hydrogen-bond donors (Lipinski definition) is 1. The van der Waals surface area contributed by atoms with E-state index in [1.54, 1.807) is 0 Å². The maximum absolute atomic E-state index is 12.6. The summed E-state index contributed by atoms with van der Waals surface area (Å²) >= 11 is 11.6. The zero-order valence-corrected chi connectivity index (χ0v) is 11.6. The van der Waals surface area contributed by atoms with Gasteiger partial charge in [-0.15, -0.1) is 0 Å². The van der Waals surface area contributed by atoms with Crippen LogP contribution in [0.5, 0.6) is 0 Å². The van der Waals surface area contributed by atoms with Gasteiger partial charge in [0.15, 0.2) is 0 Å². The number of halogens is 3. The Hall–Kier alpha value is -1.37. The Balaban J connectivity index is 2.37. The van der Waals surface area contributed by atoms with Crippen molar-refractivity contribution in [3.05, 3.63) is 52.5 Å². The standard InChI is InChI=1S/C11H7Cl2FN2O2S/c12-7-1-3-9(13)10(5-7)19(17,18)16-8-2-4-11(14)15-6-8/h1-6,16H. The van der Waals surface area contributed by atoms with Crippen LogP contribution in [0.25, 0.3) is 0 Å². The summed E-state index contributed by atoms with van der Waals surface area (Å²) in [5.41, 5.74) is 0.123. The highest BCUT2D eigenvalue weighted by Gasteiger charge is 2.18. The van der Waals surface area contributed by atoms with Crippen molar-refractivity contribution in [2.45, 2.75) is 4.90 Å². The average Bonchev–Trinajstić information content (AvgIpc) is 2.35. The molecule has 0 spiro atoms. The van der Waals surface area contributed by atoms with Crippen molar-refractivity contribution in [2.24, 2.45) is 0 Å². The SMILES string of the molecule is O=S(=O)(Nc1ccc(F)nc1)c1cc(Cl)ccc1Cl. The lowest BCUT2D eigenvalue weighted by Gasteiger charge is -2.09. The summed E-state index contributed by atoms with van der Waals surface area (Å²) in [7, 11) is -3.91. The van der Waals surface area contributed by atoms with Crippen LogP contribution < -0.4 is 4.72 Å². The van der Waals surface area contributed by atoms with E-state index in [0.717, 1.165) is 12.3 Å². The van der Waals surface area contributed by atoms with Gasteiger partial charge in [0, 0.05) is 5.02 Å². The number of hydrogen-bond acceptors (Lipinski definition) is 3. The van der Waals surface area contributed by atoms with Crippen molar-refractivity contribution in [1.82, 2.24) is 4.98 Å². The van der Waals surface area contributed by atoms with Crippen molar-refractivity contribution >= 4 is 38.9 Å². The summed E-state index contributed by atoms with van der Waals surface area (Å²) in [6, 6.07) is 6.36. The molecule has 0 bridgehead atoms. The molecule has 8 heteroatoms. The van der Waals surface area contributed by atoms with Gasteiger partial charge in [-0.05, 0) is 30.3 Å². The first-order valence-corrected chi connectivity index (χ1v) is 7.22. The number of nitrogens with one attached hydrogen (secondary N) is 1. The van der Waals surface area contributed by atoms with Gasteiger partial charge in [0.25, 0.3) is 10.0 Å². The van der Waals surface area contributed by atoms with Crippen LogP contribution in [0.2, 0.25) is 10.0 Å². The van der Waals surface area contributed by atoms with Crippen LogP contribution in [-0.4, -0.2) is 13.4 Å². The molecule has 0 amide bonds. The monoisotopic (exact) mass is 320 g/mol. The van der Waals surface area contributed by atoms with E-state index in [-0.39, 0.29) is 20.6 Å². The third kappa shape index (κ3) is 3.34. The summed E-state index contributed by atoms with van der Waals surface area (Å²) in [5.74, 6) is -0.705. The molecule has 0 saturated carbocycles. The number of sulfonamides is 1. The van der Waals surface area contributed by atoms with Crippen molar-refractivity contribution < 1.29 is 12.8 Å². The van der Waals surface area contributed by atoms with E-state index >= 15 is 0 Å². The molecule has 2 rings (SSSR count). The molecular weight excluding hydrogens is 314 g/mol. The van der Waals surface area contributed by atoms with Gasteiger partial charge in [0.1, 0.15) is 4.90 Å². The van der Waals surface area contributed by atoms with Crippen LogP contribution in [0, 0.1) is 5.95 Å². The fourth-order valence-corrected chi connectivity index (χ4v) is 3.14. The molecule has 100 valence electrons. The summed E-state index contributed by atoms with van der Waals surface area (Å²) in [6.07, 6.45) is 1.06. The number of pyridine rings is 1. The van der Waals surface area contributed by atoms with Crippen molar-refractivity contribution in [2.75, 3.05) is 4.72 Å². The van der Waals surface area contributed by atoms with Crippen LogP contribution in [0.15, 0.2) is 41.4 Å². The van der Waals surface area contributed by atoms with E-state index in [1.807, 2.05) is 0 Å². The second-order valence-electron chi connectivity index (χ2n) is 3.55. The predicted molar refractivity (Wildman–Crippen MR) is 71.5 cm³/mol. The Morgan fingerprint density at radius 1 is 1.16 bits per heavy atom. The molecule has 0 aliphatic rings. The fraction of sp³-hybridized carbons (Fsp3) is 0. The van der Waals surface area contributed by atoms with Crippen molar-refractivity contribution in [3.63, 3.8) is 0 Å². The largest absolute Gasteiger partial charge is 0.278 e. The van der Waals surface area contributed by atoms with Gasteiger partial charge < -0.3 is 0 Å². The molecule has 4 nitrogen and oxygen atoms in total. The molecule has 0 radical (unpaired) electrons. The summed E-state index contributed by atoms with van der Waals surface area (Å²) < 4.78 is 39.0. The minimum atomic E-state index is -3.91. The first-order chi connectivity index (χ1) is 8.88. The van der Waals surface area contributed by atoms with Crippen LogP contribution in [0.3, 0.4) is 0 Å². The molecule has 1 heterocycles. The van der Waals surface area contributed by atoms with Gasteiger partial charge in [0.2, 0.25) is 5.95 Å². The number of anilines is 1. The van der Waals surface area contributed by atoms with E-state index in [4.69, 9.17) is 23.2 Å². The van der Waals surface area contributed by atoms with Gasteiger partial charge in [-0.25, -0.2) is 13.4 Å². The van der Waals surface area contributed by atoms with Crippen LogP contribution in [0.4, 0.5) is 10.1 Å². The molecule has 0 aliphatic carbocycles. The van der Waals surface area contributed by atoms with Gasteiger partial charge >= 0.3 is 0 Å². The molecular formula is C11H7Cl2FN2O2S. The topological polar surface area (TPSA) is 59.1 Å². The maximum atomic E-state index is 12.6. The smallest absolute Gasteiger partial charge is 0.263 e. The zero-order valence-electron chi connectivity index (χ0n) is 9.27. The fourth-order valence-electron chi connectivity index (χ4n) is 1.33. The summed E-state index contributed by atoms with van der Waals surface area (Å²) in [4.78, 5) is 3.18. The normalized spacial score (nSPS) is 11.3. The highest BCUT2D eigenvalue weighted by atomic mass is 35.5. The van der Waals surface area contributed by atoms with E-state index < -0.39 is 16.0 Å². The Bertz CT molecular complexity index is 705. The lowest BCUT2D eigenvalue weighted by Crippen LogP contribution is -2.13. The molecule has 0 aliphatic heterocycles. The molecule has 0 saturated heterocycles. The predicted octanol–water partition coefficient (Wildman–Crippen LogP) is 3.33. The van der Waals surface area contributed by atoms with E-state index in [2.05, 4.69) is 9.71 Å². The van der Waals surface area contributed by atoms with E-state index in [1.165, 1.54) is 24.3 Å². The quantitative estimate of drug-likeness (QED) is 0.882. The molecule has 2 aromatic rings. The van der Waals surface area contributed by atoms with Crippen molar-refractivity contribution in [1.29, 1.82) is 0 Å². The Kier molecular flexibility index (Phi) is 3.93. The van der Waals surface area contributed by atoms with Gasteiger partial charge in [-0.3, -0.25) is 4.72 Å². The molecule has 0 atom stereocenters. The molecule has 0 unspecified atom stereocenters. The number of rotatable bonds is 3. The third-order valence-corrected chi connectivity index (χ3v) is 4.26. The molecule has 1 N–H and O–H groups in total. The van der Waals surface area contributed by atoms with Gasteiger partial charge in [-0.1, -0.05) is 23.2 Å². The van der Waals surface area contributed by atoms with Crippen LogP contribution >= 0.6 is 23.2 Å². The highest BCUT2D eigenvalue weighted by molar-refractivity contribution is 7.92. The van der Waals surface area contributed by atoms with Gasteiger partial charge in [0.05, 0.1) is 16.9 Å². The zero-order chi connectivity index (χ0) is 14.0.